The Kier molecular flexibility index (Phi) is 11.1. The van der Waals surface area contributed by atoms with Crippen LogP contribution in [-0.2, 0) is 26.6 Å². The van der Waals surface area contributed by atoms with E-state index in [2.05, 4.69) is 21.1 Å². The Morgan fingerprint density at radius 3 is 2.23 bits per heavy atom. The summed E-state index contributed by atoms with van der Waals surface area (Å²) in [7, 11) is -4.34. The number of rotatable bonds is 13. The largest absolute Gasteiger partial charge is 0.493 e. The maximum Gasteiger partial charge on any atom is 0.243 e. The van der Waals surface area contributed by atoms with Crippen LogP contribution in [0.3, 0.4) is 0 Å². The smallest absolute Gasteiger partial charge is 0.243 e. The number of methoxy groups -OCH3 is 2. The van der Waals surface area contributed by atoms with Gasteiger partial charge in [-0.3, -0.25) is 9.62 Å². The molecule has 3 aromatic rings. The molecule has 1 heterocycles. The molecule has 1 unspecified atom stereocenters. The highest BCUT2D eigenvalue weighted by Crippen LogP contribution is 2.36. The lowest BCUT2D eigenvalue weighted by atomic mass is 10.1. The van der Waals surface area contributed by atoms with Crippen LogP contribution < -0.4 is 19.1 Å². The highest BCUT2D eigenvalue weighted by Gasteiger charge is 2.34. The van der Waals surface area contributed by atoms with Crippen molar-refractivity contribution < 1.29 is 26.3 Å². The molecule has 1 atom stereocenters. The van der Waals surface area contributed by atoms with Crippen LogP contribution in [0.25, 0.3) is 0 Å². The second kappa shape index (κ2) is 14.4. The number of para-hydroxylation sites is 1. The molecule has 1 aliphatic rings. The molecule has 0 spiro atoms. The summed E-state index contributed by atoms with van der Waals surface area (Å²) in [4.78, 5) is 4.35. The van der Waals surface area contributed by atoms with Gasteiger partial charge in [0.25, 0.3) is 0 Å². The first kappa shape index (κ1) is 33.9. The van der Waals surface area contributed by atoms with Crippen molar-refractivity contribution in [1.29, 1.82) is 0 Å². The van der Waals surface area contributed by atoms with Crippen LogP contribution in [0, 0.1) is 0 Å². The SMILES string of the molecule is C=CCN(CC1CN(c2c(Cl)cccc2Cl)CCN1Cc1ccc(OC)c(OC)c1)S(=O)(=O)c1ccc(NS(C)(=O)=O)cc1. The Hall–Kier alpha value is -3.00. The van der Waals surface area contributed by atoms with Crippen molar-refractivity contribution in [2.45, 2.75) is 17.5 Å². The molecule has 0 aliphatic carbocycles. The van der Waals surface area contributed by atoms with E-state index in [0.29, 0.717) is 53.4 Å². The number of piperazine rings is 1. The zero-order chi connectivity index (χ0) is 32.1. The standard InChI is InChI=1S/C30H36Cl2N4O6S2/c1-5-15-36(44(39,40)25-12-10-23(11-13-25)33-43(4,37)38)21-24-20-35(30-26(31)7-6-8-27(30)32)17-16-34(24)19-22-9-14-28(41-2)29(18-22)42-3/h5-14,18,24,33H,1,15-17,19-21H2,2-4H3. The summed E-state index contributed by atoms with van der Waals surface area (Å²) < 4.78 is 65.7. The Morgan fingerprint density at radius 2 is 1.64 bits per heavy atom. The normalized spacial score (nSPS) is 16.1. The third kappa shape index (κ3) is 8.17. The molecule has 1 aliphatic heterocycles. The monoisotopic (exact) mass is 682 g/mol. The Bertz CT molecular complexity index is 1670. The number of ether oxygens (including phenoxy) is 2. The molecule has 1 N–H and O–H groups in total. The van der Waals surface area contributed by atoms with Gasteiger partial charge in [0.15, 0.2) is 11.5 Å². The molecule has 10 nitrogen and oxygen atoms in total. The van der Waals surface area contributed by atoms with Gasteiger partial charge in [0.05, 0.1) is 41.1 Å². The summed E-state index contributed by atoms with van der Waals surface area (Å²) in [5.41, 5.74) is 1.95. The maximum atomic E-state index is 13.9. The lowest BCUT2D eigenvalue weighted by Gasteiger charge is -2.44. The van der Waals surface area contributed by atoms with E-state index in [4.69, 9.17) is 32.7 Å². The van der Waals surface area contributed by atoms with Gasteiger partial charge >= 0.3 is 0 Å². The molecule has 0 amide bonds. The van der Waals surface area contributed by atoms with E-state index in [-0.39, 0.29) is 29.7 Å². The third-order valence-corrected chi connectivity index (χ3v) is 10.3. The predicted molar refractivity (Wildman–Crippen MR) is 176 cm³/mol. The summed E-state index contributed by atoms with van der Waals surface area (Å²) in [6, 6.07) is 16.4. The minimum Gasteiger partial charge on any atom is -0.493 e. The molecule has 0 aromatic heterocycles. The highest BCUT2D eigenvalue weighted by molar-refractivity contribution is 7.92. The molecular formula is C30H36Cl2N4O6S2. The first-order chi connectivity index (χ1) is 20.9. The van der Waals surface area contributed by atoms with Gasteiger partial charge < -0.3 is 14.4 Å². The van der Waals surface area contributed by atoms with Crippen LogP contribution in [0.2, 0.25) is 10.0 Å². The van der Waals surface area contributed by atoms with Gasteiger partial charge in [-0.1, -0.05) is 41.4 Å². The van der Waals surface area contributed by atoms with Crippen LogP contribution in [0.1, 0.15) is 5.56 Å². The fraction of sp³-hybridized carbons (Fsp3) is 0.333. The van der Waals surface area contributed by atoms with Gasteiger partial charge in [-0.05, 0) is 54.1 Å². The van der Waals surface area contributed by atoms with Crippen LogP contribution in [0.5, 0.6) is 11.5 Å². The van der Waals surface area contributed by atoms with Gasteiger partial charge in [0, 0.05) is 51.0 Å². The fourth-order valence-electron chi connectivity index (χ4n) is 5.19. The Labute approximate surface area is 269 Å². The van der Waals surface area contributed by atoms with Crippen molar-refractivity contribution in [3.05, 3.63) is 88.9 Å². The molecule has 3 aromatic carbocycles. The van der Waals surface area contributed by atoms with E-state index in [1.54, 1.807) is 38.5 Å². The van der Waals surface area contributed by atoms with E-state index in [9.17, 15) is 16.8 Å². The van der Waals surface area contributed by atoms with Crippen LogP contribution >= 0.6 is 23.2 Å². The van der Waals surface area contributed by atoms with Crippen molar-refractivity contribution in [1.82, 2.24) is 9.21 Å². The summed E-state index contributed by atoms with van der Waals surface area (Å²) in [5, 5.41) is 1.03. The molecule has 44 heavy (non-hydrogen) atoms. The molecule has 0 bridgehead atoms. The lowest BCUT2D eigenvalue weighted by Crippen LogP contribution is -2.57. The van der Waals surface area contributed by atoms with Crippen molar-refractivity contribution in [3.63, 3.8) is 0 Å². The molecule has 0 saturated carbocycles. The van der Waals surface area contributed by atoms with Gasteiger partial charge in [-0.15, -0.1) is 6.58 Å². The number of hydrogen-bond donors (Lipinski definition) is 1. The second-order valence-corrected chi connectivity index (χ2v) is 14.8. The molecule has 1 saturated heterocycles. The molecule has 238 valence electrons. The number of sulfonamides is 2. The van der Waals surface area contributed by atoms with Crippen molar-refractivity contribution >= 4 is 54.6 Å². The minimum absolute atomic E-state index is 0.0339. The first-order valence-corrected chi connectivity index (χ1v) is 17.8. The number of nitrogens with zero attached hydrogens (tertiary/aromatic N) is 3. The molecular weight excluding hydrogens is 647 g/mol. The topological polar surface area (TPSA) is 108 Å². The minimum atomic E-state index is -3.99. The molecule has 4 rings (SSSR count). The van der Waals surface area contributed by atoms with E-state index >= 15 is 0 Å². The van der Waals surface area contributed by atoms with E-state index in [0.717, 1.165) is 11.8 Å². The number of benzene rings is 3. The van der Waals surface area contributed by atoms with E-state index < -0.39 is 20.0 Å². The quantitative estimate of drug-likeness (QED) is 0.253. The number of hydrogen-bond acceptors (Lipinski definition) is 8. The van der Waals surface area contributed by atoms with Crippen LogP contribution in [0.15, 0.2) is 78.2 Å². The summed E-state index contributed by atoms with van der Waals surface area (Å²) in [6.45, 7) is 6.22. The second-order valence-electron chi connectivity index (χ2n) is 10.3. The first-order valence-electron chi connectivity index (χ1n) is 13.7. The number of halogens is 2. The average molecular weight is 684 g/mol. The van der Waals surface area contributed by atoms with E-state index in [1.807, 2.05) is 18.2 Å². The highest BCUT2D eigenvalue weighted by atomic mass is 35.5. The lowest BCUT2D eigenvalue weighted by molar-refractivity contribution is 0.148. The van der Waals surface area contributed by atoms with Crippen molar-refractivity contribution in [2.24, 2.45) is 0 Å². The zero-order valence-electron chi connectivity index (χ0n) is 24.7. The van der Waals surface area contributed by atoms with Crippen LogP contribution in [-0.4, -0.2) is 85.3 Å². The fourth-order valence-corrected chi connectivity index (χ4v) is 7.84. The van der Waals surface area contributed by atoms with Gasteiger partial charge in [-0.25, -0.2) is 16.8 Å². The summed E-state index contributed by atoms with van der Waals surface area (Å²) in [5.74, 6) is 1.22. The Morgan fingerprint density at radius 1 is 0.977 bits per heavy atom. The summed E-state index contributed by atoms with van der Waals surface area (Å²) >= 11 is 13.1. The van der Waals surface area contributed by atoms with Gasteiger partial charge in [0.1, 0.15) is 0 Å². The molecule has 14 heteroatoms. The number of nitrogens with one attached hydrogen (secondary N) is 1. The van der Waals surface area contributed by atoms with E-state index in [1.165, 1.54) is 28.6 Å². The maximum absolute atomic E-state index is 13.9. The number of anilines is 2. The molecule has 1 fully saturated rings. The average Bonchev–Trinajstić information content (AvgIpc) is 2.97. The predicted octanol–water partition coefficient (Wildman–Crippen LogP) is 4.95. The summed E-state index contributed by atoms with van der Waals surface area (Å²) in [6.07, 6.45) is 2.57. The van der Waals surface area contributed by atoms with Gasteiger partial charge in [0.2, 0.25) is 20.0 Å². The zero-order valence-corrected chi connectivity index (χ0v) is 27.9. The van der Waals surface area contributed by atoms with Gasteiger partial charge in [-0.2, -0.15) is 4.31 Å². The molecule has 0 radical (unpaired) electrons. The van der Waals surface area contributed by atoms with Crippen LogP contribution in [0.4, 0.5) is 11.4 Å². The third-order valence-electron chi connectivity index (χ3n) is 7.23. The van der Waals surface area contributed by atoms with Crippen molar-refractivity contribution in [3.8, 4) is 11.5 Å². The Balaban J connectivity index is 1.66. The van der Waals surface area contributed by atoms with Crippen molar-refractivity contribution in [2.75, 3.05) is 62.8 Å².